The molecule has 1 aromatic heterocycles. The Bertz CT molecular complexity index is 1290. The van der Waals surface area contributed by atoms with Gasteiger partial charge in [-0.3, -0.25) is 18.7 Å². The summed E-state index contributed by atoms with van der Waals surface area (Å²) in [5, 5.41) is 0.213. The topological polar surface area (TPSA) is 82.8 Å². The Morgan fingerprint density at radius 2 is 1.69 bits per heavy atom. The van der Waals surface area contributed by atoms with E-state index in [2.05, 4.69) is 0 Å². The number of piperidine rings is 1. The first kappa shape index (κ1) is 24.4. The second kappa shape index (κ2) is 10.7. The van der Waals surface area contributed by atoms with E-state index >= 15 is 0 Å². The maximum atomic E-state index is 13.6. The number of hydrogen-bond donors (Lipinski definition) is 0. The van der Waals surface area contributed by atoms with E-state index in [-0.39, 0.29) is 23.7 Å². The van der Waals surface area contributed by atoms with Crippen LogP contribution in [0.1, 0.15) is 24.4 Å². The third kappa shape index (κ3) is 5.06. The van der Waals surface area contributed by atoms with Crippen LogP contribution in [0.4, 0.5) is 8.78 Å². The summed E-state index contributed by atoms with van der Waals surface area (Å²) >= 11 is 0. The summed E-state index contributed by atoms with van der Waals surface area (Å²) in [7, 11) is 1.55. The second-order valence-electron chi connectivity index (χ2n) is 8.49. The largest absolute Gasteiger partial charge is 0.497 e. The van der Waals surface area contributed by atoms with Crippen LogP contribution in [-0.4, -0.2) is 60.1 Å². The van der Waals surface area contributed by atoms with Crippen LogP contribution in [0.3, 0.4) is 0 Å². The highest BCUT2D eigenvalue weighted by Crippen LogP contribution is 2.26. The number of carbonyl (C=O) groups is 1. The molecule has 0 saturated carbocycles. The Labute approximate surface area is 200 Å². The molecule has 4 rings (SSSR count). The Kier molecular flexibility index (Phi) is 7.48. The predicted molar refractivity (Wildman–Crippen MR) is 127 cm³/mol. The standard InChI is InChI=1S/C25H27F2N3O5/c1-34-19-4-2-17(3-5-19)15-29-24(32)22-12-20(35-21(13-26)14-27)6-7-23(22)30(25(29)33)18-8-10-28(16-31)11-9-18/h2-7,12,16,18,21H,8-11,13-15H2,1H3. The summed E-state index contributed by atoms with van der Waals surface area (Å²) in [6.07, 6.45) is 0.627. The van der Waals surface area contributed by atoms with Gasteiger partial charge in [0.1, 0.15) is 24.8 Å². The van der Waals surface area contributed by atoms with Gasteiger partial charge in [0.2, 0.25) is 6.41 Å². The molecule has 0 spiro atoms. The van der Waals surface area contributed by atoms with Crippen molar-refractivity contribution in [1.29, 1.82) is 0 Å². The summed E-state index contributed by atoms with van der Waals surface area (Å²) in [5.74, 6) is 0.794. The number of carbonyl (C=O) groups excluding carboxylic acids is 1. The van der Waals surface area contributed by atoms with E-state index < -0.39 is 30.7 Å². The van der Waals surface area contributed by atoms with Crippen LogP contribution in [0, 0.1) is 0 Å². The number of nitrogens with zero attached hydrogens (tertiary/aromatic N) is 3. The van der Waals surface area contributed by atoms with Gasteiger partial charge < -0.3 is 14.4 Å². The molecule has 0 N–H and O–H groups in total. The predicted octanol–water partition coefficient (Wildman–Crippen LogP) is 2.70. The van der Waals surface area contributed by atoms with Crippen LogP contribution in [0.25, 0.3) is 10.9 Å². The van der Waals surface area contributed by atoms with Crippen molar-refractivity contribution < 1.29 is 23.0 Å². The maximum Gasteiger partial charge on any atom is 0.332 e. The van der Waals surface area contributed by atoms with Crippen LogP contribution >= 0.6 is 0 Å². The van der Waals surface area contributed by atoms with Crippen molar-refractivity contribution in [3.8, 4) is 11.5 Å². The van der Waals surface area contributed by atoms with Crippen LogP contribution in [0.2, 0.25) is 0 Å². The van der Waals surface area contributed by atoms with Gasteiger partial charge >= 0.3 is 5.69 Å². The van der Waals surface area contributed by atoms with Gasteiger partial charge in [0, 0.05) is 19.1 Å². The molecular weight excluding hydrogens is 460 g/mol. The Morgan fingerprint density at radius 1 is 1.03 bits per heavy atom. The SMILES string of the molecule is COc1ccc(Cn2c(=O)c3cc(OC(CF)CF)ccc3n(C3CCN(C=O)CC3)c2=O)cc1. The molecule has 8 nitrogen and oxygen atoms in total. The molecule has 3 aromatic rings. The summed E-state index contributed by atoms with van der Waals surface area (Å²) in [6.45, 7) is -0.991. The molecular formula is C25H27F2N3O5. The first-order valence-electron chi connectivity index (χ1n) is 11.4. The molecule has 0 atom stereocenters. The molecule has 0 unspecified atom stereocenters. The number of methoxy groups -OCH3 is 1. The first-order chi connectivity index (χ1) is 17.0. The summed E-state index contributed by atoms with van der Waals surface area (Å²) in [6, 6.07) is 11.3. The molecule has 2 heterocycles. The highest BCUT2D eigenvalue weighted by molar-refractivity contribution is 5.80. The van der Waals surface area contributed by atoms with Crippen LogP contribution in [0.15, 0.2) is 52.1 Å². The lowest BCUT2D eigenvalue weighted by atomic mass is 10.0. The van der Waals surface area contributed by atoms with E-state index in [4.69, 9.17) is 9.47 Å². The molecule has 1 amide bonds. The lowest BCUT2D eigenvalue weighted by Gasteiger charge is -2.31. The van der Waals surface area contributed by atoms with Gasteiger partial charge in [0.15, 0.2) is 6.10 Å². The molecule has 10 heteroatoms. The van der Waals surface area contributed by atoms with E-state index in [1.165, 1.54) is 12.1 Å². The zero-order chi connectivity index (χ0) is 24.9. The number of alkyl halides is 2. The van der Waals surface area contributed by atoms with Gasteiger partial charge in [-0.2, -0.15) is 0 Å². The molecule has 0 radical (unpaired) electrons. The lowest BCUT2D eigenvalue weighted by molar-refractivity contribution is -0.119. The van der Waals surface area contributed by atoms with E-state index in [0.29, 0.717) is 37.2 Å². The van der Waals surface area contributed by atoms with Crippen LogP contribution < -0.4 is 20.7 Å². The minimum absolute atomic E-state index is 0.0352. The molecule has 1 aliphatic heterocycles. The molecule has 1 fully saturated rings. The Morgan fingerprint density at radius 3 is 2.29 bits per heavy atom. The summed E-state index contributed by atoms with van der Waals surface area (Å²) < 4.78 is 39.3. The number of amides is 1. The van der Waals surface area contributed by atoms with Crippen molar-refractivity contribution in [2.45, 2.75) is 31.5 Å². The number of aromatic nitrogens is 2. The fourth-order valence-corrected chi connectivity index (χ4v) is 4.39. The normalized spacial score (nSPS) is 14.5. The molecule has 2 aromatic carbocycles. The quantitative estimate of drug-likeness (QED) is 0.434. The third-order valence-corrected chi connectivity index (χ3v) is 6.30. The minimum Gasteiger partial charge on any atom is -0.497 e. The number of rotatable bonds is 9. The number of fused-ring (bicyclic) bond motifs is 1. The van der Waals surface area contributed by atoms with Gasteiger partial charge in [-0.05, 0) is 48.7 Å². The van der Waals surface area contributed by atoms with Gasteiger partial charge in [-0.1, -0.05) is 12.1 Å². The lowest BCUT2D eigenvalue weighted by Crippen LogP contribution is -2.44. The Hall–Kier alpha value is -3.69. The van der Waals surface area contributed by atoms with Gasteiger partial charge in [-0.15, -0.1) is 0 Å². The minimum atomic E-state index is -1.27. The van der Waals surface area contributed by atoms with E-state index in [9.17, 15) is 23.2 Å². The van der Waals surface area contributed by atoms with E-state index in [1.54, 1.807) is 46.9 Å². The van der Waals surface area contributed by atoms with Gasteiger partial charge in [0.05, 0.1) is 24.6 Å². The summed E-state index contributed by atoms with van der Waals surface area (Å²) in [5.41, 5.74) is 0.167. The van der Waals surface area contributed by atoms with Crippen molar-refractivity contribution in [3.05, 3.63) is 68.9 Å². The second-order valence-corrected chi connectivity index (χ2v) is 8.49. The molecule has 35 heavy (non-hydrogen) atoms. The average Bonchev–Trinajstić information content (AvgIpc) is 2.90. The molecule has 1 aliphatic rings. The van der Waals surface area contributed by atoms with Gasteiger partial charge in [0.25, 0.3) is 5.56 Å². The fourth-order valence-electron chi connectivity index (χ4n) is 4.39. The number of hydrogen-bond acceptors (Lipinski definition) is 5. The van der Waals surface area contributed by atoms with E-state index in [0.717, 1.165) is 16.5 Å². The van der Waals surface area contributed by atoms with E-state index in [1.807, 2.05) is 0 Å². The number of halogens is 2. The average molecular weight is 488 g/mol. The highest BCUT2D eigenvalue weighted by atomic mass is 19.1. The summed E-state index contributed by atoms with van der Waals surface area (Å²) in [4.78, 5) is 39.9. The molecule has 186 valence electrons. The highest BCUT2D eigenvalue weighted by Gasteiger charge is 2.25. The van der Waals surface area contributed by atoms with Crippen molar-refractivity contribution in [2.24, 2.45) is 0 Å². The molecule has 0 bridgehead atoms. The Balaban J connectivity index is 1.83. The number of ether oxygens (including phenoxy) is 2. The van der Waals surface area contributed by atoms with Crippen molar-refractivity contribution in [2.75, 3.05) is 33.5 Å². The van der Waals surface area contributed by atoms with Crippen molar-refractivity contribution in [3.63, 3.8) is 0 Å². The van der Waals surface area contributed by atoms with Crippen LogP contribution in [0.5, 0.6) is 11.5 Å². The first-order valence-corrected chi connectivity index (χ1v) is 11.4. The smallest absolute Gasteiger partial charge is 0.332 e. The third-order valence-electron chi connectivity index (χ3n) is 6.30. The van der Waals surface area contributed by atoms with Gasteiger partial charge in [-0.25, -0.2) is 13.6 Å². The van der Waals surface area contributed by atoms with Crippen LogP contribution in [-0.2, 0) is 11.3 Å². The number of benzene rings is 2. The maximum absolute atomic E-state index is 13.6. The zero-order valence-electron chi connectivity index (χ0n) is 19.4. The van der Waals surface area contributed by atoms with Crippen molar-refractivity contribution >= 4 is 17.3 Å². The number of likely N-dealkylation sites (tertiary alicyclic amines) is 1. The molecule has 1 saturated heterocycles. The van der Waals surface area contributed by atoms with Crippen molar-refractivity contribution in [1.82, 2.24) is 14.0 Å². The zero-order valence-corrected chi connectivity index (χ0v) is 19.4. The molecule has 0 aliphatic carbocycles. The fraction of sp³-hybridized carbons (Fsp3) is 0.400. The monoisotopic (exact) mass is 487 g/mol.